The molecule has 1 saturated heterocycles. The van der Waals surface area contributed by atoms with Crippen molar-refractivity contribution in [3.63, 3.8) is 0 Å². The highest BCUT2D eigenvalue weighted by Crippen LogP contribution is 2.28. The lowest BCUT2D eigenvalue weighted by molar-refractivity contribution is -0.135. The molecule has 0 aliphatic carbocycles. The number of furan rings is 1. The number of aromatic nitrogens is 2. The van der Waals surface area contributed by atoms with E-state index >= 15 is 0 Å². The van der Waals surface area contributed by atoms with Crippen molar-refractivity contribution < 1.29 is 18.1 Å². The Kier molecular flexibility index (Phi) is 3.60. The van der Waals surface area contributed by atoms with Gasteiger partial charge in [-0.1, -0.05) is 17.3 Å². The quantitative estimate of drug-likeness (QED) is 0.736. The molecule has 0 N–H and O–H groups in total. The third-order valence-electron chi connectivity index (χ3n) is 4.04. The molecule has 3 aromatic rings. The molecule has 1 aliphatic heterocycles. The lowest BCUT2D eigenvalue weighted by atomic mass is 9.99. The molecule has 4 rings (SSSR count). The Morgan fingerprint density at radius 1 is 1.25 bits per heavy atom. The maximum atomic E-state index is 12.9. The van der Waals surface area contributed by atoms with Crippen molar-refractivity contribution in [3.05, 3.63) is 59.9 Å². The molecule has 2 aromatic heterocycles. The van der Waals surface area contributed by atoms with Gasteiger partial charge >= 0.3 is 0 Å². The molecule has 24 heavy (non-hydrogen) atoms. The van der Waals surface area contributed by atoms with Crippen LogP contribution in [0.15, 0.2) is 51.6 Å². The molecular formula is C17H14FN3O3. The second-order valence-corrected chi connectivity index (χ2v) is 5.73. The Morgan fingerprint density at radius 3 is 2.75 bits per heavy atom. The van der Waals surface area contributed by atoms with Crippen molar-refractivity contribution in [2.75, 3.05) is 13.1 Å². The largest absolute Gasteiger partial charge is 0.461 e. The van der Waals surface area contributed by atoms with Crippen LogP contribution in [0.25, 0.3) is 11.6 Å². The van der Waals surface area contributed by atoms with Crippen LogP contribution in [0.1, 0.15) is 17.4 Å². The van der Waals surface area contributed by atoms with Gasteiger partial charge in [0, 0.05) is 13.1 Å². The zero-order valence-corrected chi connectivity index (χ0v) is 12.7. The molecule has 6 nitrogen and oxygen atoms in total. The van der Waals surface area contributed by atoms with Crippen LogP contribution in [0.2, 0.25) is 0 Å². The first-order chi connectivity index (χ1) is 11.7. The Hall–Kier alpha value is -2.96. The van der Waals surface area contributed by atoms with E-state index in [4.69, 9.17) is 8.94 Å². The molecule has 122 valence electrons. The lowest BCUT2D eigenvalue weighted by Gasteiger charge is -2.37. The number of halogens is 1. The van der Waals surface area contributed by atoms with E-state index in [0.717, 1.165) is 5.56 Å². The van der Waals surface area contributed by atoms with Crippen LogP contribution in [0, 0.1) is 5.82 Å². The van der Waals surface area contributed by atoms with Gasteiger partial charge in [-0.15, -0.1) is 0 Å². The average molecular weight is 327 g/mol. The number of likely N-dealkylation sites (tertiary alicyclic amines) is 1. The average Bonchev–Trinajstić information content (AvgIpc) is 3.19. The number of nitrogens with zero attached hydrogens (tertiary/aromatic N) is 3. The minimum atomic E-state index is -0.307. The van der Waals surface area contributed by atoms with Gasteiger partial charge in [0.25, 0.3) is 0 Å². The molecule has 0 unspecified atom stereocenters. The van der Waals surface area contributed by atoms with Crippen LogP contribution >= 0.6 is 0 Å². The molecule has 3 heterocycles. The summed E-state index contributed by atoms with van der Waals surface area (Å²) in [6, 6.07) is 9.47. The third-order valence-corrected chi connectivity index (χ3v) is 4.04. The number of benzene rings is 1. The number of amides is 1. The normalized spacial score (nSPS) is 14.6. The molecular weight excluding hydrogens is 313 g/mol. The van der Waals surface area contributed by atoms with Gasteiger partial charge in [-0.2, -0.15) is 4.98 Å². The van der Waals surface area contributed by atoms with Crippen molar-refractivity contribution in [2.24, 2.45) is 0 Å². The molecule has 0 saturated carbocycles. The molecule has 0 radical (unpaired) electrons. The van der Waals surface area contributed by atoms with Crippen LogP contribution in [-0.2, 0) is 11.2 Å². The fourth-order valence-electron chi connectivity index (χ4n) is 2.63. The summed E-state index contributed by atoms with van der Waals surface area (Å²) in [7, 11) is 0. The summed E-state index contributed by atoms with van der Waals surface area (Å²) in [4.78, 5) is 18.2. The fraction of sp³-hybridized carbons (Fsp3) is 0.235. The molecule has 1 aliphatic rings. The van der Waals surface area contributed by atoms with E-state index in [1.54, 1.807) is 35.4 Å². The predicted molar refractivity (Wildman–Crippen MR) is 81.4 cm³/mol. The number of hydrogen-bond acceptors (Lipinski definition) is 5. The summed E-state index contributed by atoms with van der Waals surface area (Å²) in [5.74, 6) is 1.20. The number of carbonyl (C=O) groups excluding carboxylic acids is 1. The van der Waals surface area contributed by atoms with E-state index in [9.17, 15) is 9.18 Å². The van der Waals surface area contributed by atoms with Crippen LogP contribution in [0.3, 0.4) is 0 Å². The Morgan fingerprint density at radius 2 is 2.04 bits per heavy atom. The van der Waals surface area contributed by atoms with Gasteiger partial charge in [0.1, 0.15) is 5.82 Å². The molecule has 0 atom stereocenters. The van der Waals surface area contributed by atoms with E-state index in [1.807, 2.05) is 0 Å². The van der Waals surface area contributed by atoms with Crippen molar-refractivity contribution in [3.8, 4) is 11.6 Å². The van der Waals surface area contributed by atoms with Gasteiger partial charge in [0.15, 0.2) is 5.76 Å². The van der Waals surface area contributed by atoms with Gasteiger partial charge in [0.05, 0.1) is 18.6 Å². The molecule has 1 aromatic carbocycles. The van der Waals surface area contributed by atoms with Gasteiger partial charge in [-0.05, 0) is 29.8 Å². The summed E-state index contributed by atoms with van der Waals surface area (Å²) in [5, 5.41) is 3.89. The van der Waals surface area contributed by atoms with Gasteiger partial charge in [-0.3, -0.25) is 4.79 Å². The summed E-state index contributed by atoms with van der Waals surface area (Å²) < 4.78 is 23.4. The molecule has 7 heteroatoms. The molecule has 0 bridgehead atoms. The summed E-state index contributed by atoms with van der Waals surface area (Å²) in [6.45, 7) is 1.08. The van der Waals surface area contributed by atoms with E-state index in [0.29, 0.717) is 30.6 Å². The first-order valence-corrected chi connectivity index (χ1v) is 7.59. The first-order valence-electron chi connectivity index (χ1n) is 7.59. The topological polar surface area (TPSA) is 72.4 Å². The second-order valence-electron chi connectivity index (χ2n) is 5.73. The van der Waals surface area contributed by atoms with E-state index in [2.05, 4.69) is 10.1 Å². The summed E-state index contributed by atoms with van der Waals surface area (Å²) in [6.07, 6.45) is 1.80. The number of carbonyl (C=O) groups is 1. The highest BCUT2D eigenvalue weighted by molar-refractivity contribution is 5.79. The second kappa shape index (κ2) is 5.92. The van der Waals surface area contributed by atoms with Crippen LogP contribution < -0.4 is 0 Å². The van der Waals surface area contributed by atoms with E-state index < -0.39 is 0 Å². The van der Waals surface area contributed by atoms with Gasteiger partial charge in [-0.25, -0.2) is 4.39 Å². The Balaban J connectivity index is 1.34. The van der Waals surface area contributed by atoms with Crippen molar-refractivity contribution >= 4 is 5.91 Å². The zero-order chi connectivity index (χ0) is 16.5. The maximum Gasteiger partial charge on any atom is 0.238 e. The smallest absolute Gasteiger partial charge is 0.238 e. The standard InChI is InChI=1S/C17H14FN3O3/c18-13-5-3-11(4-6-13)8-15(22)21-9-12(10-21)17-19-16(20-24-17)14-2-1-7-23-14/h1-7,12H,8-10H2. The monoisotopic (exact) mass is 327 g/mol. The van der Waals surface area contributed by atoms with Crippen molar-refractivity contribution in [1.82, 2.24) is 15.0 Å². The van der Waals surface area contributed by atoms with E-state index in [-0.39, 0.29) is 24.1 Å². The molecule has 1 fully saturated rings. The zero-order valence-electron chi connectivity index (χ0n) is 12.7. The highest BCUT2D eigenvalue weighted by Gasteiger charge is 2.35. The Labute approximate surface area is 136 Å². The van der Waals surface area contributed by atoms with Gasteiger partial charge < -0.3 is 13.8 Å². The van der Waals surface area contributed by atoms with Crippen LogP contribution in [0.5, 0.6) is 0 Å². The minimum absolute atomic E-state index is 0.00336. The van der Waals surface area contributed by atoms with Crippen molar-refractivity contribution in [1.29, 1.82) is 0 Å². The first kappa shape index (κ1) is 14.6. The Bertz CT molecular complexity index is 836. The predicted octanol–water partition coefficient (Wildman–Crippen LogP) is 2.64. The minimum Gasteiger partial charge on any atom is -0.461 e. The number of hydrogen-bond donors (Lipinski definition) is 0. The molecule has 0 spiro atoms. The van der Waals surface area contributed by atoms with Gasteiger partial charge in [0.2, 0.25) is 17.6 Å². The molecule has 1 amide bonds. The van der Waals surface area contributed by atoms with Crippen LogP contribution in [0.4, 0.5) is 4.39 Å². The third kappa shape index (κ3) is 2.80. The maximum absolute atomic E-state index is 12.9. The lowest BCUT2D eigenvalue weighted by Crippen LogP contribution is -2.49. The highest BCUT2D eigenvalue weighted by atomic mass is 19.1. The number of rotatable bonds is 4. The summed E-state index contributed by atoms with van der Waals surface area (Å²) in [5.41, 5.74) is 0.794. The fourth-order valence-corrected chi connectivity index (χ4v) is 2.63. The van der Waals surface area contributed by atoms with E-state index in [1.165, 1.54) is 12.1 Å². The van der Waals surface area contributed by atoms with Crippen LogP contribution in [-0.4, -0.2) is 34.0 Å². The summed E-state index contributed by atoms with van der Waals surface area (Å²) >= 11 is 0. The van der Waals surface area contributed by atoms with Crippen molar-refractivity contribution in [2.45, 2.75) is 12.3 Å². The SMILES string of the molecule is O=C(Cc1ccc(F)cc1)N1CC(c2nc(-c3ccco3)no2)C1.